The lowest BCUT2D eigenvalue weighted by Crippen LogP contribution is -2.23. The molecular weight excluding hydrogens is 290 g/mol. The Labute approximate surface area is 128 Å². The quantitative estimate of drug-likeness (QED) is 0.862. The monoisotopic (exact) mass is 307 g/mol. The molecule has 0 atom stereocenters. The Hall–Kier alpha value is -2.01. The molecule has 0 saturated carbocycles. The van der Waals surface area contributed by atoms with Crippen molar-refractivity contribution in [1.82, 2.24) is 15.5 Å². The van der Waals surface area contributed by atoms with Gasteiger partial charge in [-0.05, 0) is 31.0 Å². The largest absolute Gasteiger partial charge is 0.495 e. The summed E-state index contributed by atoms with van der Waals surface area (Å²) in [5, 5.41) is 10.2. The molecule has 0 aliphatic carbocycles. The third-order valence-electron chi connectivity index (χ3n) is 3.27. The van der Waals surface area contributed by atoms with Crippen molar-refractivity contribution in [3.05, 3.63) is 46.2 Å². The van der Waals surface area contributed by atoms with Gasteiger partial charge in [0.05, 0.1) is 18.3 Å². The number of aromatic nitrogens is 2. The maximum atomic E-state index is 11.8. The van der Waals surface area contributed by atoms with Gasteiger partial charge >= 0.3 is 0 Å². The SMILES string of the molecule is COc1ccc(CCC(=O)NCc2cn[nH]c2C)cc1Cl. The van der Waals surface area contributed by atoms with E-state index in [-0.39, 0.29) is 5.91 Å². The molecule has 1 aromatic heterocycles. The first-order chi connectivity index (χ1) is 10.1. The molecule has 2 aromatic rings. The van der Waals surface area contributed by atoms with Crippen LogP contribution < -0.4 is 10.1 Å². The fourth-order valence-electron chi connectivity index (χ4n) is 1.96. The van der Waals surface area contributed by atoms with E-state index in [4.69, 9.17) is 16.3 Å². The number of hydrogen-bond donors (Lipinski definition) is 2. The Morgan fingerprint density at radius 1 is 1.48 bits per heavy atom. The Morgan fingerprint density at radius 3 is 2.90 bits per heavy atom. The van der Waals surface area contributed by atoms with Gasteiger partial charge in [-0.25, -0.2) is 0 Å². The van der Waals surface area contributed by atoms with Crippen molar-refractivity contribution in [2.24, 2.45) is 0 Å². The number of aryl methyl sites for hydroxylation is 2. The number of nitrogens with one attached hydrogen (secondary N) is 2. The predicted molar refractivity (Wildman–Crippen MR) is 81.5 cm³/mol. The first kappa shape index (κ1) is 15.4. The second-order valence-corrected chi connectivity index (χ2v) is 5.17. The molecule has 2 rings (SSSR count). The molecule has 0 aliphatic heterocycles. The summed E-state index contributed by atoms with van der Waals surface area (Å²) in [7, 11) is 1.58. The summed E-state index contributed by atoms with van der Waals surface area (Å²) in [5.41, 5.74) is 2.98. The van der Waals surface area contributed by atoms with Gasteiger partial charge in [0.1, 0.15) is 5.75 Å². The van der Waals surface area contributed by atoms with Crippen LogP contribution in [0.4, 0.5) is 0 Å². The molecule has 2 N–H and O–H groups in total. The molecule has 21 heavy (non-hydrogen) atoms. The molecular formula is C15H18ClN3O2. The van der Waals surface area contributed by atoms with E-state index < -0.39 is 0 Å². The Morgan fingerprint density at radius 2 is 2.29 bits per heavy atom. The van der Waals surface area contributed by atoms with Gasteiger partial charge in [0, 0.05) is 24.2 Å². The van der Waals surface area contributed by atoms with Gasteiger partial charge < -0.3 is 10.1 Å². The van der Waals surface area contributed by atoms with Gasteiger partial charge in [-0.1, -0.05) is 17.7 Å². The molecule has 0 unspecified atom stereocenters. The number of halogens is 1. The summed E-state index contributed by atoms with van der Waals surface area (Å²) in [5.74, 6) is 0.642. The number of aromatic amines is 1. The van der Waals surface area contributed by atoms with E-state index in [2.05, 4.69) is 15.5 Å². The highest BCUT2D eigenvalue weighted by Gasteiger charge is 2.06. The highest BCUT2D eigenvalue weighted by atomic mass is 35.5. The van der Waals surface area contributed by atoms with Crippen LogP contribution in [0.25, 0.3) is 0 Å². The van der Waals surface area contributed by atoms with Crippen molar-refractivity contribution in [3.63, 3.8) is 0 Å². The minimum absolute atomic E-state index is 0.00235. The molecule has 0 radical (unpaired) electrons. The van der Waals surface area contributed by atoms with E-state index in [0.29, 0.717) is 30.2 Å². The lowest BCUT2D eigenvalue weighted by molar-refractivity contribution is -0.121. The van der Waals surface area contributed by atoms with Crippen LogP contribution in [-0.2, 0) is 17.8 Å². The number of methoxy groups -OCH3 is 1. The topological polar surface area (TPSA) is 67.0 Å². The molecule has 1 amide bonds. The zero-order valence-corrected chi connectivity index (χ0v) is 12.8. The minimum Gasteiger partial charge on any atom is -0.495 e. The van der Waals surface area contributed by atoms with E-state index in [1.165, 1.54) is 0 Å². The number of benzene rings is 1. The molecule has 1 heterocycles. The van der Waals surface area contributed by atoms with E-state index in [0.717, 1.165) is 16.8 Å². The molecule has 0 bridgehead atoms. The first-order valence-electron chi connectivity index (χ1n) is 6.68. The van der Waals surface area contributed by atoms with Crippen molar-refractivity contribution < 1.29 is 9.53 Å². The molecule has 6 heteroatoms. The molecule has 0 fully saturated rings. The molecule has 1 aromatic carbocycles. The Bertz CT molecular complexity index is 625. The van der Waals surface area contributed by atoms with Crippen molar-refractivity contribution >= 4 is 17.5 Å². The van der Waals surface area contributed by atoms with Crippen molar-refractivity contribution in [1.29, 1.82) is 0 Å². The smallest absolute Gasteiger partial charge is 0.220 e. The summed E-state index contributed by atoms with van der Waals surface area (Å²) in [6.07, 6.45) is 2.78. The van der Waals surface area contributed by atoms with E-state index in [9.17, 15) is 4.79 Å². The summed E-state index contributed by atoms with van der Waals surface area (Å²) in [6.45, 7) is 2.42. The number of hydrogen-bond acceptors (Lipinski definition) is 3. The van der Waals surface area contributed by atoms with Gasteiger partial charge in [0.25, 0.3) is 0 Å². The lowest BCUT2D eigenvalue weighted by atomic mass is 10.1. The summed E-state index contributed by atoms with van der Waals surface area (Å²) < 4.78 is 5.10. The predicted octanol–water partition coefficient (Wildman–Crippen LogP) is 2.63. The molecule has 5 nitrogen and oxygen atoms in total. The van der Waals surface area contributed by atoms with Crippen molar-refractivity contribution in [2.75, 3.05) is 7.11 Å². The third kappa shape index (κ3) is 4.23. The second kappa shape index (κ2) is 7.13. The fraction of sp³-hybridized carbons (Fsp3) is 0.333. The normalized spacial score (nSPS) is 10.4. The van der Waals surface area contributed by atoms with E-state index >= 15 is 0 Å². The van der Waals surface area contributed by atoms with Crippen LogP contribution in [0.2, 0.25) is 5.02 Å². The first-order valence-corrected chi connectivity index (χ1v) is 7.06. The van der Waals surface area contributed by atoms with Crippen LogP contribution in [0.15, 0.2) is 24.4 Å². The Balaban J connectivity index is 1.81. The number of carbonyl (C=O) groups is 1. The van der Waals surface area contributed by atoms with E-state index in [1.807, 2.05) is 25.1 Å². The standard InChI is InChI=1S/C15H18ClN3O2/c1-10-12(9-18-19-10)8-17-15(20)6-4-11-3-5-14(21-2)13(16)7-11/h3,5,7,9H,4,6,8H2,1-2H3,(H,17,20)(H,18,19). The zero-order chi connectivity index (χ0) is 15.2. The zero-order valence-electron chi connectivity index (χ0n) is 12.1. The van der Waals surface area contributed by atoms with Gasteiger partial charge in [-0.15, -0.1) is 0 Å². The molecule has 0 spiro atoms. The highest BCUT2D eigenvalue weighted by Crippen LogP contribution is 2.25. The number of H-pyrrole nitrogens is 1. The summed E-state index contributed by atoms with van der Waals surface area (Å²) in [6, 6.07) is 5.55. The van der Waals surface area contributed by atoms with Gasteiger partial charge in [-0.3, -0.25) is 9.89 Å². The number of amides is 1. The summed E-state index contributed by atoms with van der Waals surface area (Å²) >= 11 is 6.05. The average Bonchev–Trinajstić information content (AvgIpc) is 2.88. The van der Waals surface area contributed by atoms with Crippen molar-refractivity contribution in [3.8, 4) is 5.75 Å². The van der Waals surface area contributed by atoms with Crippen LogP contribution in [0.3, 0.4) is 0 Å². The highest BCUT2D eigenvalue weighted by molar-refractivity contribution is 6.32. The number of nitrogens with zero attached hydrogens (tertiary/aromatic N) is 1. The van der Waals surface area contributed by atoms with Crippen LogP contribution in [-0.4, -0.2) is 23.2 Å². The van der Waals surface area contributed by atoms with Gasteiger partial charge in [0.2, 0.25) is 5.91 Å². The number of ether oxygens (including phenoxy) is 1. The number of carbonyl (C=O) groups excluding carboxylic acids is 1. The lowest BCUT2D eigenvalue weighted by Gasteiger charge is -2.07. The van der Waals surface area contributed by atoms with Gasteiger partial charge in [-0.2, -0.15) is 5.10 Å². The fourth-order valence-corrected chi connectivity index (χ4v) is 2.24. The van der Waals surface area contributed by atoms with Crippen LogP contribution in [0.5, 0.6) is 5.75 Å². The van der Waals surface area contributed by atoms with Crippen molar-refractivity contribution in [2.45, 2.75) is 26.3 Å². The maximum Gasteiger partial charge on any atom is 0.220 e. The van der Waals surface area contributed by atoms with Gasteiger partial charge in [0.15, 0.2) is 0 Å². The average molecular weight is 308 g/mol. The second-order valence-electron chi connectivity index (χ2n) is 4.77. The van der Waals surface area contributed by atoms with Crippen LogP contribution in [0, 0.1) is 6.92 Å². The van der Waals surface area contributed by atoms with Crippen LogP contribution in [0.1, 0.15) is 23.2 Å². The maximum absolute atomic E-state index is 11.8. The Kier molecular flexibility index (Phi) is 5.22. The minimum atomic E-state index is 0.00235. The molecule has 0 aliphatic rings. The van der Waals surface area contributed by atoms with E-state index in [1.54, 1.807) is 13.3 Å². The molecule has 112 valence electrons. The molecule has 0 saturated heterocycles. The van der Waals surface area contributed by atoms with Crippen LogP contribution >= 0.6 is 11.6 Å². The number of rotatable bonds is 6. The summed E-state index contributed by atoms with van der Waals surface area (Å²) in [4.78, 5) is 11.8. The third-order valence-corrected chi connectivity index (χ3v) is 3.56.